The zero-order chi connectivity index (χ0) is 22.1. The lowest BCUT2D eigenvalue weighted by Gasteiger charge is -2.38. The van der Waals surface area contributed by atoms with E-state index in [1.54, 1.807) is 4.90 Å². The number of likely N-dealkylation sites (N-methyl/N-ethyl adjacent to an activating group) is 1. The summed E-state index contributed by atoms with van der Waals surface area (Å²) < 4.78 is 5.39. The van der Waals surface area contributed by atoms with E-state index in [4.69, 9.17) is 4.74 Å². The van der Waals surface area contributed by atoms with Crippen LogP contribution in [0.5, 0.6) is 0 Å². The maximum atomic E-state index is 13.4. The lowest BCUT2D eigenvalue weighted by Crippen LogP contribution is -2.47. The molecule has 2 aromatic carbocycles. The van der Waals surface area contributed by atoms with Gasteiger partial charge in [0, 0.05) is 44.1 Å². The third-order valence-electron chi connectivity index (χ3n) is 7.36. The highest BCUT2D eigenvalue weighted by Gasteiger charge is 2.51. The highest BCUT2D eigenvalue weighted by Crippen LogP contribution is 2.47. The first-order chi connectivity index (χ1) is 15.6. The average Bonchev–Trinajstić information content (AvgIpc) is 3.03. The molecule has 0 saturated carbocycles. The van der Waals surface area contributed by atoms with E-state index < -0.39 is 5.41 Å². The molecule has 0 bridgehead atoms. The highest BCUT2D eigenvalue weighted by atomic mass is 16.5. The van der Waals surface area contributed by atoms with Gasteiger partial charge in [0.2, 0.25) is 5.91 Å². The van der Waals surface area contributed by atoms with Crippen molar-refractivity contribution in [2.75, 3.05) is 38.3 Å². The van der Waals surface area contributed by atoms with Crippen LogP contribution in [-0.4, -0.2) is 56.1 Å². The Hall–Kier alpha value is -2.70. The van der Waals surface area contributed by atoms with Crippen LogP contribution in [0.2, 0.25) is 0 Å². The number of carbonyl (C=O) groups is 2. The predicted molar refractivity (Wildman–Crippen MR) is 124 cm³/mol. The van der Waals surface area contributed by atoms with Gasteiger partial charge in [-0.2, -0.15) is 0 Å². The zero-order valence-electron chi connectivity index (χ0n) is 18.7. The van der Waals surface area contributed by atoms with E-state index in [1.807, 2.05) is 31.3 Å². The number of nitrogens with one attached hydrogen (secondary N) is 1. The summed E-state index contributed by atoms with van der Waals surface area (Å²) in [5.41, 5.74) is 3.38. The topological polar surface area (TPSA) is 61.9 Å². The van der Waals surface area contributed by atoms with Crippen LogP contribution in [0.1, 0.15) is 47.2 Å². The normalized spacial score (nSPS) is 21.0. The molecule has 5 rings (SSSR count). The number of hydrogen-bond acceptors (Lipinski definition) is 4. The quantitative estimate of drug-likeness (QED) is 0.805. The van der Waals surface area contributed by atoms with Crippen molar-refractivity contribution in [2.45, 2.75) is 43.7 Å². The second kappa shape index (κ2) is 8.68. The summed E-state index contributed by atoms with van der Waals surface area (Å²) >= 11 is 0. The van der Waals surface area contributed by atoms with Crippen molar-refractivity contribution < 1.29 is 14.3 Å². The number of amides is 2. The van der Waals surface area contributed by atoms with Gasteiger partial charge in [0.15, 0.2) is 0 Å². The number of fused-ring (bicyclic) bond motifs is 2. The largest absolute Gasteiger partial charge is 0.381 e. The Labute approximate surface area is 189 Å². The van der Waals surface area contributed by atoms with Crippen LogP contribution in [0, 0.1) is 0 Å². The van der Waals surface area contributed by atoms with Crippen molar-refractivity contribution in [3.8, 4) is 0 Å². The molecule has 0 unspecified atom stereocenters. The van der Waals surface area contributed by atoms with Crippen molar-refractivity contribution >= 4 is 17.5 Å². The van der Waals surface area contributed by atoms with Crippen molar-refractivity contribution in [3.05, 3.63) is 65.2 Å². The van der Waals surface area contributed by atoms with Crippen LogP contribution in [0.15, 0.2) is 48.5 Å². The molecule has 0 aromatic heterocycles. The second-order valence-electron chi connectivity index (χ2n) is 9.30. The Morgan fingerprint density at radius 1 is 1.09 bits per heavy atom. The molecule has 2 saturated heterocycles. The number of anilines is 1. The van der Waals surface area contributed by atoms with Crippen molar-refractivity contribution in [1.29, 1.82) is 0 Å². The molecule has 2 fully saturated rings. The van der Waals surface area contributed by atoms with Gasteiger partial charge >= 0.3 is 0 Å². The molecule has 0 atom stereocenters. The van der Waals surface area contributed by atoms with Crippen LogP contribution in [0.3, 0.4) is 0 Å². The molecular formula is C26H31N3O3. The Balaban J connectivity index is 1.34. The summed E-state index contributed by atoms with van der Waals surface area (Å²) in [7, 11) is 1.86. The summed E-state index contributed by atoms with van der Waals surface area (Å²) in [6.07, 6.45) is 3.25. The van der Waals surface area contributed by atoms with Gasteiger partial charge in [0.1, 0.15) is 0 Å². The van der Waals surface area contributed by atoms with Gasteiger partial charge in [-0.25, -0.2) is 0 Å². The molecule has 3 aliphatic heterocycles. The van der Waals surface area contributed by atoms with Gasteiger partial charge in [-0.1, -0.05) is 30.3 Å². The third kappa shape index (κ3) is 3.82. The minimum atomic E-state index is -0.522. The molecule has 1 spiro atoms. The molecule has 3 aliphatic rings. The maximum Gasteiger partial charge on any atom is 0.251 e. The number of piperidine rings is 1. The van der Waals surface area contributed by atoms with Crippen molar-refractivity contribution in [1.82, 2.24) is 10.2 Å². The molecule has 32 heavy (non-hydrogen) atoms. The Morgan fingerprint density at radius 2 is 1.81 bits per heavy atom. The van der Waals surface area contributed by atoms with Gasteiger partial charge < -0.3 is 15.0 Å². The van der Waals surface area contributed by atoms with Crippen LogP contribution in [0.4, 0.5) is 5.69 Å². The minimum Gasteiger partial charge on any atom is -0.381 e. The molecule has 0 aliphatic carbocycles. The third-order valence-corrected chi connectivity index (χ3v) is 7.36. The number of rotatable bonds is 4. The fourth-order valence-corrected chi connectivity index (χ4v) is 5.43. The number of hydrogen-bond donors (Lipinski definition) is 1. The van der Waals surface area contributed by atoms with Crippen molar-refractivity contribution in [2.24, 2.45) is 0 Å². The molecule has 2 aromatic rings. The van der Waals surface area contributed by atoms with E-state index in [2.05, 4.69) is 34.5 Å². The molecular weight excluding hydrogens is 402 g/mol. The van der Waals surface area contributed by atoms with Crippen LogP contribution in [-0.2, 0) is 21.5 Å². The number of carbonyl (C=O) groups excluding carboxylic acids is 2. The molecule has 2 amide bonds. The molecule has 3 heterocycles. The smallest absolute Gasteiger partial charge is 0.251 e. The molecule has 0 radical (unpaired) electrons. The van der Waals surface area contributed by atoms with E-state index in [9.17, 15) is 9.59 Å². The predicted octanol–water partition coefficient (Wildman–Crippen LogP) is 3.11. The average molecular weight is 434 g/mol. The first-order valence-corrected chi connectivity index (χ1v) is 11.6. The van der Waals surface area contributed by atoms with Gasteiger partial charge in [0.25, 0.3) is 5.91 Å². The van der Waals surface area contributed by atoms with Gasteiger partial charge in [0.05, 0.1) is 5.41 Å². The SMILES string of the molecule is CN1C(=O)C2(CCN(Cc3ccccc3)CC2)c2cc(C(=O)NC3CCOCC3)ccc21. The van der Waals surface area contributed by atoms with Crippen LogP contribution >= 0.6 is 0 Å². The second-order valence-corrected chi connectivity index (χ2v) is 9.30. The van der Waals surface area contributed by atoms with E-state index in [-0.39, 0.29) is 17.9 Å². The van der Waals surface area contributed by atoms with E-state index >= 15 is 0 Å². The first-order valence-electron chi connectivity index (χ1n) is 11.6. The summed E-state index contributed by atoms with van der Waals surface area (Å²) in [6.45, 7) is 4.02. The van der Waals surface area contributed by atoms with E-state index in [0.717, 1.165) is 56.6 Å². The van der Waals surface area contributed by atoms with Gasteiger partial charge in [-0.15, -0.1) is 0 Å². The van der Waals surface area contributed by atoms with Crippen molar-refractivity contribution in [3.63, 3.8) is 0 Å². The summed E-state index contributed by atoms with van der Waals surface area (Å²) in [5.74, 6) is 0.104. The van der Waals surface area contributed by atoms with Gasteiger partial charge in [-0.3, -0.25) is 14.5 Å². The monoisotopic (exact) mass is 433 g/mol. The van der Waals surface area contributed by atoms with Crippen LogP contribution < -0.4 is 10.2 Å². The Bertz CT molecular complexity index is 993. The summed E-state index contributed by atoms with van der Waals surface area (Å²) in [6, 6.07) is 16.4. The fourth-order valence-electron chi connectivity index (χ4n) is 5.43. The molecule has 1 N–H and O–H groups in total. The Kier molecular flexibility index (Phi) is 5.74. The number of benzene rings is 2. The standard InChI is InChI=1S/C26H31N3O3/c1-28-23-8-7-20(24(30)27-21-9-15-32-16-10-21)17-22(23)26(25(28)31)11-13-29(14-12-26)18-19-5-3-2-4-6-19/h2-8,17,21H,9-16,18H2,1H3,(H,27,30). The van der Waals surface area contributed by atoms with Gasteiger partial charge in [-0.05, 0) is 68.1 Å². The van der Waals surface area contributed by atoms with E-state index in [1.165, 1.54) is 5.56 Å². The fraction of sp³-hybridized carbons (Fsp3) is 0.462. The summed E-state index contributed by atoms with van der Waals surface area (Å²) in [4.78, 5) is 30.5. The first kappa shape index (κ1) is 21.2. The maximum absolute atomic E-state index is 13.4. The molecule has 168 valence electrons. The molecule has 6 heteroatoms. The number of likely N-dealkylation sites (tertiary alicyclic amines) is 1. The number of ether oxygens (including phenoxy) is 1. The minimum absolute atomic E-state index is 0.0571. The highest BCUT2D eigenvalue weighted by molar-refractivity contribution is 6.09. The van der Waals surface area contributed by atoms with E-state index in [0.29, 0.717) is 18.8 Å². The van der Waals surface area contributed by atoms with Crippen LogP contribution in [0.25, 0.3) is 0 Å². The zero-order valence-corrected chi connectivity index (χ0v) is 18.7. The summed E-state index contributed by atoms with van der Waals surface area (Å²) in [5, 5.41) is 3.15. The number of nitrogens with zero attached hydrogens (tertiary/aromatic N) is 2. The lowest BCUT2D eigenvalue weighted by atomic mass is 9.73. The molecule has 6 nitrogen and oxygen atoms in total. The Morgan fingerprint density at radius 3 is 2.53 bits per heavy atom. The lowest BCUT2D eigenvalue weighted by molar-refractivity contribution is -0.124.